The summed E-state index contributed by atoms with van der Waals surface area (Å²) in [6.07, 6.45) is 1.33. The van der Waals surface area contributed by atoms with Gasteiger partial charge in [0.15, 0.2) is 5.69 Å². The zero-order valence-electron chi connectivity index (χ0n) is 19.3. The number of aromatic nitrogens is 2. The van der Waals surface area contributed by atoms with Gasteiger partial charge < -0.3 is 4.42 Å². The van der Waals surface area contributed by atoms with E-state index in [-0.39, 0.29) is 23.5 Å². The van der Waals surface area contributed by atoms with Crippen LogP contribution >= 0.6 is 0 Å². The van der Waals surface area contributed by atoms with Crippen LogP contribution in [-0.4, -0.2) is 26.8 Å². The van der Waals surface area contributed by atoms with Crippen LogP contribution in [0.2, 0.25) is 0 Å². The van der Waals surface area contributed by atoms with Crippen LogP contribution < -0.4 is 11.0 Å². The lowest BCUT2D eigenvalue weighted by Crippen LogP contribution is -2.29. The molecule has 1 N–H and O–H groups in total. The number of nitro groups is 1. The molecule has 0 fully saturated rings. The number of rotatable bonds is 7. The van der Waals surface area contributed by atoms with Crippen molar-refractivity contribution in [3.05, 3.63) is 128 Å². The molecule has 0 bridgehead atoms. The molecule has 0 aliphatic rings. The quantitative estimate of drug-likeness (QED) is 0.203. The van der Waals surface area contributed by atoms with Crippen molar-refractivity contribution in [2.24, 2.45) is 5.10 Å². The number of nitro benzene ring substituents is 1. The van der Waals surface area contributed by atoms with E-state index in [4.69, 9.17) is 4.42 Å². The molecule has 0 radical (unpaired) electrons. The first kappa shape index (κ1) is 23.4. The largest absolute Gasteiger partial charge is 0.455 e. The molecule has 0 aliphatic heterocycles. The van der Waals surface area contributed by atoms with E-state index in [1.165, 1.54) is 23.0 Å². The molecule has 10 heteroatoms. The second-order valence-corrected chi connectivity index (χ2v) is 8.05. The molecule has 1 amide bonds. The molecule has 182 valence electrons. The number of fused-ring (bicyclic) bond motifs is 1. The van der Waals surface area contributed by atoms with Crippen molar-refractivity contribution in [2.75, 3.05) is 0 Å². The van der Waals surface area contributed by atoms with Crippen molar-refractivity contribution in [3.63, 3.8) is 0 Å². The van der Waals surface area contributed by atoms with Crippen LogP contribution in [0.1, 0.15) is 21.8 Å². The SMILES string of the molecule is O=C(N/N=C\c1ccc(-c2ccc([N+](=O)[O-])cc2)o1)c1nn(Cc2ccccc2)c(=O)c2ccccc12. The standard InChI is InChI=1S/C27H19N5O5/c33-26(29-28-16-21-14-15-24(37-21)19-10-12-20(13-11-19)32(35)36)25-22-8-4-5-9-23(22)27(34)31(30-25)17-18-6-2-1-3-7-18/h1-16H,17H2,(H,29,33)/b28-16-. The van der Waals surface area contributed by atoms with E-state index < -0.39 is 10.8 Å². The minimum Gasteiger partial charge on any atom is -0.455 e. The highest BCUT2D eigenvalue weighted by Crippen LogP contribution is 2.24. The number of benzene rings is 3. The van der Waals surface area contributed by atoms with E-state index in [1.807, 2.05) is 30.3 Å². The van der Waals surface area contributed by atoms with Crippen LogP contribution in [0.4, 0.5) is 5.69 Å². The number of nitrogens with one attached hydrogen (secondary N) is 1. The zero-order valence-corrected chi connectivity index (χ0v) is 19.3. The van der Waals surface area contributed by atoms with E-state index >= 15 is 0 Å². The molecule has 3 aromatic carbocycles. The van der Waals surface area contributed by atoms with Crippen LogP contribution in [-0.2, 0) is 6.54 Å². The van der Waals surface area contributed by atoms with E-state index in [0.717, 1.165) is 5.56 Å². The third-order valence-electron chi connectivity index (χ3n) is 5.61. The molecular formula is C27H19N5O5. The lowest BCUT2D eigenvalue weighted by Gasteiger charge is -2.10. The van der Waals surface area contributed by atoms with Crippen LogP contribution in [0, 0.1) is 10.1 Å². The fourth-order valence-electron chi connectivity index (χ4n) is 3.80. The number of nitrogens with zero attached hydrogens (tertiary/aromatic N) is 4. The van der Waals surface area contributed by atoms with Gasteiger partial charge in [-0.1, -0.05) is 48.5 Å². The summed E-state index contributed by atoms with van der Waals surface area (Å²) in [5, 5.41) is 19.9. The molecule has 5 rings (SSSR count). The lowest BCUT2D eigenvalue weighted by molar-refractivity contribution is -0.384. The Morgan fingerprint density at radius 2 is 1.68 bits per heavy atom. The van der Waals surface area contributed by atoms with E-state index in [2.05, 4.69) is 15.6 Å². The highest BCUT2D eigenvalue weighted by atomic mass is 16.6. The van der Waals surface area contributed by atoms with Crippen LogP contribution in [0.25, 0.3) is 22.1 Å². The molecule has 37 heavy (non-hydrogen) atoms. The summed E-state index contributed by atoms with van der Waals surface area (Å²) in [7, 11) is 0. The van der Waals surface area contributed by atoms with E-state index in [9.17, 15) is 19.7 Å². The Morgan fingerprint density at radius 1 is 0.973 bits per heavy atom. The van der Waals surface area contributed by atoms with Gasteiger partial charge in [-0.05, 0) is 35.9 Å². The summed E-state index contributed by atoms with van der Waals surface area (Å²) in [5.41, 5.74) is 3.72. The Labute approximate surface area is 209 Å². The summed E-state index contributed by atoms with van der Waals surface area (Å²) < 4.78 is 6.96. The number of hydrogen-bond acceptors (Lipinski definition) is 7. The fraction of sp³-hybridized carbons (Fsp3) is 0.0370. The zero-order chi connectivity index (χ0) is 25.8. The molecule has 0 spiro atoms. The van der Waals surface area contributed by atoms with Crippen molar-refractivity contribution in [1.82, 2.24) is 15.2 Å². The molecular weight excluding hydrogens is 474 g/mol. The van der Waals surface area contributed by atoms with Gasteiger partial charge in [0, 0.05) is 23.1 Å². The topological polar surface area (TPSA) is 133 Å². The first-order valence-corrected chi connectivity index (χ1v) is 11.2. The molecule has 0 aliphatic carbocycles. The minimum atomic E-state index is -0.587. The normalized spacial score (nSPS) is 11.1. The molecule has 0 atom stereocenters. The minimum absolute atomic E-state index is 0.0176. The summed E-state index contributed by atoms with van der Waals surface area (Å²) in [6.45, 7) is 0.214. The van der Waals surface area contributed by atoms with Gasteiger partial charge >= 0.3 is 0 Å². The van der Waals surface area contributed by atoms with Crippen LogP contribution in [0.15, 0.2) is 105 Å². The Bertz CT molecular complexity index is 1690. The Morgan fingerprint density at radius 3 is 2.41 bits per heavy atom. The maximum atomic E-state index is 13.0. The molecule has 0 unspecified atom stereocenters. The van der Waals surface area contributed by atoms with Gasteiger partial charge in [-0.15, -0.1) is 0 Å². The number of non-ortho nitro benzene ring substituents is 1. The molecule has 0 saturated heterocycles. The van der Waals surface area contributed by atoms with Crippen molar-refractivity contribution in [3.8, 4) is 11.3 Å². The van der Waals surface area contributed by atoms with Gasteiger partial charge in [0.1, 0.15) is 11.5 Å². The highest BCUT2D eigenvalue weighted by Gasteiger charge is 2.16. The number of hydrazone groups is 1. The van der Waals surface area contributed by atoms with E-state index in [1.54, 1.807) is 48.5 Å². The third-order valence-corrected chi connectivity index (χ3v) is 5.61. The number of carbonyl (C=O) groups is 1. The monoisotopic (exact) mass is 493 g/mol. The lowest BCUT2D eigenvalue weighted by atomic mass is 10.1. The maximum absolute atomic E-state index is 13.0. The molecule has 0 saturated carbocycles. The van der Waals surface area contributed by atoms with Gasteiger partial charge in [-0.2, -0.15) is 10.2 Å². The van der Waals surface area contributed by atoms with Crippen molar-refractivity contribution < 1.29 is 14.1 Å². The molecule has 5 aromatic rings. The third kappa shape index (κ3) is 5.03. The summed E-state index contributed by atoms with van der Waals surface area (Å²) in [5.74, 6) is 0.264. The molecule has 2 aromatic heterocycles. The van der Waals surface area contributed by atoms with Gasteiger partial charge in [0.05, 0.1) is 23.1 Å². The predicted molar refractivity (Wildman–Crippen MR) is 137 cm³/mol. The first-order chi connectivity index (χ1) is 18.0. The second-order valence-electron chi connectivity index (χ2n) is 8.05. The van der Waals surface area contributed by atoms with Gasteiger partial charge in [0.25, 0.3) is 17.2 Å². The number of hydrogen-bond donors (Lipinski definition) is 1. The summed E-state index contributed by atoms with van der Waals surface area (Å²) in [6, 6.07) is 25.4. The Balaban J connectivity index is 1.36. The van der Waals surface area contributed by atoms with Gasteiger partial charge in [-0.3, -0.25) is 19.7 Å². The second kappa shape index (κ2) is 10.1. The average molecular weight is 493 g/mol. The summed E-state index contributed by atoms with van der Waals surface area (Å²) in [4.78, 5) is 36.3. The fourth-order valence-corrected chi connectivity index (χ4v) is 3.80. The number of amides is 1. The van der Waals surface area contributed by atoms with Crippen LogP contribution in [0.3, 0.4) is 0 Å². The van der Waals surface area contributed by atoms with Gasteiger partial charge in [-0.25, -0.2) is 10.1 Å². The number of carbonyl (C=O) groups excluding carboxylic acids is 1. The van der Waals surface area contributed by atoms with Crippen molar-refractivity contribution >= 4 is 28.6 Å². The smallest absolute Gasteiger partial charge is 0.292 e. The Kier molecular flexibility index (Phi) is 6.37. The van der Waals surface area contributed by atoms with Crippen molar-refractivity contribution in [2.45, 2.75) is 6.54 Å². The molecule has 2 heterocycles. The average Bonchev–Trinajstić information content (AvgIpc) is 3.40. The summed E-state index contributed by atoms with van der Waals surface area (Å²) >= 11 is 0. The molecule has 10 nitrogen and oxygen atoms in total. The number of furan rings is 1. The van der Waals surface area contributed by atoms with Crippen LogP contribution in [0.5, 0.6) is 0 Å². The van der Waals surface area contributed by atoms with E-state index in [0.29, 0.717) is 27.9 Å². The Hall–Kier alpha value is -5.38. The van der Waals surface area contributed by atoms with Gasteiger partial charge in [0.2, 0.25) is 0 Å². The van der Waals surface area contributed by atoms with Crippen molar-refractivity contribution in [1.29, 1.82) is 0 Å². The highest BCUT2D eigenvalue weighted by molar-refractivity contribution is 6.04. The maximum Gasteiger partial charge on any atom is 0.292 e. The first-order valence-electron chi connectivity index (χ1n) is 11.2. The predicted octanol–water partition coefficient (Wildman–Crippen LogP) is 4.38.